The number of aromatic nitrogens is 2. The van der Waals surface area contributed by atoms with Gasteiger partial charge in [0, 0.05) is 5.56 Å². The number of ether oxygens (including phenoxy) is 1. The quantitative estimate of drug-likeness (QED) is 0.152. The summed E-state index contributed by atoms with van der Waals surface area (Å²) < 4.78 is 6.75. The number of nitrogens with one attached hydrogen (secondary N) is 1. The number of carbonyl (C=O) groups excluding carboxylic acids is 1. The minimum Gasteiger partial charge on any atom is -0.497 e. The van der Waals surface area contributed by atoms with Crippen LogP contribution >= 0.6 is 11.8 Å². The van der Waals surface area contributed by atoms with Gasteiger partial charge in [-0.3, -0.25) is 14.2 Å². The lowest BCUT2D eigenvalue weighted by atomic mass is 10.1. The van der Waals surface area contributed by atoms with E-state index in [0.29, 0.717) is 27.5 Å². The predicted octanol–water partition coefficient (Wildman–Crippen LogP) is 4.79. The fraction of sp³-hybridized carbons (Fsp3) is 0.0714. The number of para-hydroxylation sites is 1. The number of fused-ring (bicyclic) bond motifs is 2. The van der Waals surface area contributed by atoms with Gasteiger partial charge in [-0.05, 0) is 47.2 Å². The van der Waals surface area contributed by atoms with E-state index >= 15 is 0 Å². The molecule has 0 aliphatic carbocycles. The molecule has 0 aliphatic heterocycles. The van der Waals surface area contributed by atoms with E-state index in [0.717, 1.165) is 16.3 Å². The van der Waals surface area contributed by atoms with Gasteiger partial charge in [-0.2, -0.15) is 5.10 Å². The SMILES string of the molecule is COc1ccc(-n2c(SCC(=O)N/N=C\c3cccc4ccccc34)nc3ccccc3c2=O)cc1. The summed E-state index contributed by atoms with van der Waals surface area (Å²) in [5, 5.41) is 7.20. The van der Waals surface area contributed by atoms with E-state index in [2.05, 4.69) is 15.5 Å². The Kier molecular flexibility index (Phi) is 6.77. The number of hydrogen-bond donors (Lipinski definition) is 1. The van der Waals surface area contributed by atoms with Crippen LogP contribution in [0.15, 0.2) is 106 Å². The average Bonchev–Trinajstić information content (AvgIpc) is 2.92. The summed E-state index contributed by atoms with van der Waals surface area (Å²) in [6.07, 6.45) is 1.63. The zero-order valence-corrected chi connectivity index (χ0v) is 20.2. The Morgan fingerprint density at radius 3 is 2.50 bits per heavy atom. The highest BCUT2D eigenvalue weighted by atomic mass is 32.2. The van der Waals surface area contributed by atoms with Crippen molar-refractivity contribution in [2.24, 2.45) is 5.10 Å². The molecule has 5 rings (SSSR count). The van der Waals surface area contributed by atoms with Crippen LogP contribution in [0.3, 0.4) is 0 Å². The second kappa shape index (κ2) is 10.5. The number of benzene rings is 4. The normalized spacial score (nSPS) is 11.2. The van der Waals surface area contributed by atoms with Crippen LogP contribution < -0.4 is 15.7 Å². The molecular formula is C28H22N4O3S. The van der Waals surface area contributed by atoms with Gasteiger partial charge in [-0.25, -0.2) is 10.4 Å². The van der Waals surface area contributed by atoms with E-state index < -0.39 is 0 Å². The largest absolute Gasteiger partial charge is 0.497 e. The summed E-state index contributed by atoms with van der Waals surface area (Å²) in [6.45, 7) is 0. The molecule has 0 spiro atoms. The molecule has 1 aromatic heterocycles. The third kappa shape index (κ3) is 4.85. The number of thioether (sulfide) groups is 1. The summed E-state index contributed by atoms with van der Waals surface area (Å²) >= 11 is 1.17. The Morgan fingerprint density at radius 2 is 1.69 bits per heavy atom. The van der Waals surface area contributed by atoms with Gasteiger partial charge in [0.1, 0.15) is 5.75 Å². The van der Waals surface area contributed by atoms with Crippen molar-refractivity contribution in [3.8, 4) is 11.4 Å². The van der Waals surface area contributed by atoms with Crippen molar-refractivity contribution >= 4 is 45.6 Å². The molecule has 8 heteroatoms. The van der Waals surface area contributed by atoms with Crippen LogP contribution in [-0.2, 0) is 4.79 Å². The van der Waals surface area contributed by atoms with Crippen LogP contribution in [0, 0.1) is 0 Å². The molecule has 36 heavy (non-hydrogen) atoms. The number of methoxy groups -OCH3 is 1. The molecule has 0 radical (unpaired) electrons. The van der Waals surface area contributed by atoms with E-state index in [1.807, 2.05) is 48.5 Å². The molecule has 4 aromatic carbocycles. The summed E-state index contributed by atoms with van der Waals surface area (Å²) in [5.41, 5.74) is 4.48. The van der Waals surface area contributed by atoms with Gasteiger partial charge in [-0.15, -0.1) is 0 Å². The molecule has 178 valence electrons. The lowest BCUT2D eigenvalue weighted by Crippen LogP contribution is -2.24. The van der Waals surface area contributed by atoms with Gasteiger partial charge in [0.2, 0.25) is 0 Å². The van der Waals surface area contributed by atoms with Gasteiger partial charge < -0.3 is 4.74 Å². The summed E-state index contributed by atoms with van der Waals surface area (Å²) in [7, 11) is 1.58. The van der Waals surface area contributed by atoms with Gasteiger partial charge in [0.25, 0.3) is 11.5 Å². The molecule has 0 aliphatic rings. The minimum atomic E-state index is -0.305. The lowest BCUT2D eigenvalue weighted by Gasteiger charge is -2.13. The first-order chi connectivity index (χ1) is 17.6. The van der Waals surface area contributed by atoms with Crippen molar-refractivity contribution in [2.75, 3.05) is 12.9 Å². The molecule has 7 nitrogen and oxygen atoms in total. The molecule has 0 bridgehead atoms. The highest BCUT2D eigenvalue weighted by Gasteiger charge is 2.15. The summed E-state index contributed by atoms with van der Waals surface area (Å²) in [6, 6.07) is 28.2. The third-order valence-electron chi connectivity index (χ3n) is 5.62. The van der Waals surface area contributed by atoms with E-state index in [4.69, 9.17) is 4.74 Å². The molecular weight excluding hydrogens is 472 g/mol. The Labute approximate surface area is 211 Å². The fourth-order valence-corrected chi connectivity index (χ4v) is 4.67. The van der Waals surface area contributed by atoms with E-state index in [9.17, 15) is 9.59 Å². The van der Waals surface area contributed by atoms with Crippen LogP contribution in [0.4, 0.5) is 0 Å². The Hall–Kier alpha value is -4.43. The maximum Gasteiger partial charge on any atom is 0.266 e. The highest BCUT2D eigenvalue weighted by molar-refractivity contribution is 7.99. The van der Waals surface area contributed by atoms with Crippen molar-refractivity contribution in [1.82, 2.24) is 15.0 Å². The summed E-state index contributed by atoms with van der Waals surface area (Å²) in [4.78, 5) is 30.6. The Balaban J connectivity index is 1.37. The van der Waals surface area contributed by atoms with Crippen LogP contribution in [0.2, 0.25) is 0 Å². The molecule has 1 amide bonds. The topological polar surface area (TPSA) is 85.6 Å². The first-order valence-electron chi connectivity index (χ1n) is 11.2. The monoisotopic (exact) mass is 494 g/mol. The van der Waals surface area contributed by atoms with Crippen LogP contribution in [0.1, 0.15) is 5.56 Å². The van der Waals surface area contributed by atoms with Crippen LogP contribution in [-0.4, -0.2) is 34.5 Å². The lowest BCUT2D eigenvalue weighted by molar-refractivity contribution is -0.118. The first kappa shape index (κ1) is 23.3. The molecule has 0 saturated heterocycles. The molecule has 1 heterocycles. The number of hydrogen-bond acceptors (Lipinski definition) is 6. The minimum absolute atomic E-state index is 0.0355. The van der Waals surface area contributed by atoms with Gasteiger partial charge >= 0.3 is 0 Å². The Bertz CT molecular complexity index is 1640. The number of nitrogens with zero attached hydrogens (tertiary/aromatic N) is 3. The molecule has 0 saturated carbocycles. The van der Waals surface area contributed by atoms with E-state index in [1.165, 1.54) is 16.3 Å². The predicted molar refractivity (Wildman–Crippen MR) is 144 cm³/mol. The van der Waals surface area contributed by atoms with E-state index in [1.54, 1.807) is 55.8 Å². The average molecular weight is 495 g/mol. The van der Waals surface area contributed by atoms with Crippen molar-refractivity contribution in [3.63, 3.8) is 0 Å². The van der Waals surface area contributed by atoms with E-state index in [-0.39, 0.29) is 17.2 Å². The molecule has 1 N–H and O–H groups in total. The number of carbonyl (C=O) groups is 1. The maximum absolute atomic E-state index is 13.3. The zero-order valence-electron chi connectivity index (χ0n) is 19.4. The standard InChI is InChI=1S/C28H22N4O3S/c1-35-22-15-13-21(14-16-22)32-27(34)24-11-4-5-12-25(24)30-28(32)36-18-26(33)31-29-17-20-9-6-8-19-7-2-3-10-23(19)20/h2-17H,18H2,1H3,(H,31,33)/b29-17-. The number of amides is 1. The number of rotatable bonds is 7. The zero-order chi connectivity index (χ0) is 24.9. The maximum atomic E-state index is 13.3. The third-order valence-corrected chi connectivity index (χ3v) is 6.56. The fourth-order valence-electron chi connectivity index (χ4n) is 3.87. The van der Waals surface area contributed by atoms with Gasteiger partial charge in [0.15, 0.2) is 5.16 Å². The van der Waals surface area contributed by atoms with Crippen LogP contribution in [0.5, 0.6) is 5.75 Å². The Morgan fingerprint density at radius 1 is 0.972 bits per heavy atom. The highest BCUT2D eigenvalue weighted by Crippen LogP contribution is 2.23. The smallest absolute Gasteiger partial charge is 0.266 e. The van der Waals surface area contributed by atoms with Crippen molar-refractivity contribution < 1.29 is 9.53 Å². The van der Waals surface area contributed by atoms with Gasteiger partial charge in [-0.1, -0.05) is 66.4 Å². The first-order valence-corrected chi connectivity index (χ1v) is 12.2. The second-order valence-electron chi connectivity index (χ2n) is 7.90. The second-order valence-corrected chi connectivity index (χ2v) is 8.84. The molecule has 5 aromatic rings. The molecule has 0 atom stereocenters. The van der Waals surface area contributed by atoms with Gasteiger partial charge in [0.05, 0.1) is 35.7 Å². The molecule has 0 unspecified atom stereocenters. The van der Waals surface area contributed by atoms with Crippen LogP contribution in [0.25, 0.3) is 27.4 Å². The van der Waals surface area contributed by atoms with Crippen molar-refractivity contribution in [2.45, 2.75) is 5.16 Å². The molecule has 0 fully saturated rings. The number of hydrazone groups is 1. The van der Waals surface area contributed by atoms with Crippen molar-refractivity contribution in [1.29, 1.82) is 0 Å². The summed E-state index contributed by atoms with van der Waals surface area (Å²) in [5.74, 6) is 0.409. The van der Waals surface area contributed by atoms with Crippen molar-refractivity contribution in [3.05, 3.63) is 107 Å².